The second-order valence-corrected chi connectivity index (χ2v) is 4.84. The van der Waals surface area contributed by atoms with Crippen LogP contribution in [0.1, 0.15) is 5.56 Å². The van der Waals surface area contributed by atoms with Gasteiger partial charge in [0, 0.05) is 5.56 Å². The largest absolute Gasteiger partial charge is 0.566 e. The molecule has 2 aromatic rings. The van der Waals surface area contributed by atoms with Crippen molar-refractivity contribution in [1.29, 1.82) is 0 Å². The van der Waals surface area contributed by atoms with E-state index in [1.807, 2.05) is 48.5 Å². The summed E-state index contributed by atoms with van der Waals surface area (Å²) >= 11 is -1.47. The SMILES string of the molecule is NC1=N[S@+]([O-])Nc2ccc(-c3ccccc3)cc21. The van der Waals surface area contributed by atoms with Crippen LogP contribution in [0.25, 0.3) is 11.1 Å². The molecule has 0 saturated carbocycles. The van der Waals surface area contributed by atoms with Crippen LogP contribution in [0.15, 0.2) is 52.9 Å². The van der Waals surface area contributed by atoms with E-state index in [1.54, 1.807) is 0 Å². The number of nitrogens with two attached hydrogens (primary N) is 1. The van der Waals surface area contributed by atoms with Gasteiger partial charge in [-0.15, -0.1) is 0 Å². The minimum Gasteiger partial charge on any atom is -0.566 e. The molecule has 1 heterocycles. The average molecular weight is 257 g/mol. The van der Waals surface area contributed by atoms with E-state index in [0.717, 1.165) is 22.4 Å². The maximum Gasteiger partial charge on any atom is 0.222 e. The topological polar surface area (TPSA) is 73.5 Å². The Hall–Kier alpha value is -1.98. The molecule has 1 aliphatic rings. The van der Waals surface area contributed by atoms with Crippen molar-refractivity contribution < 1.29 is 4.55 Å². The average Bonchev–Trinajstić information content (AvgIpc) is 2.39. The number of hydrogen-bond acceptors (Lipinski definition) is 4. The van der Waals surface area contributed by atoms with Gasteiger partial charge in [-0.25, -0.2) is 0 Å². The number of anilines is 1. The van der Waals surface area contributed by atoms with Crippen LogP contribution < -0.4 is 10.5 Å². The molecule has 3 N–H and O–H groups in total. The zero-order chi connectivity index (χ0) is 12.5. The van der Waals surface area contributed by atoms with Crippen LogP contribution in [0.4, 0.5) is 5.69 Å². The van der Waals surface area contributed by atoms with Crippen LogP contribution >= 0.6 is 0 Å². The molecule has 0 fully saturated rings. The Labute approximate surface area is 108 Å². The fourth-order valence-corrected chi connectivity index (χ4v) is 2.60. The van der Waals surface area contributed by atoms with E-state index < -0.39 is 11.5 Å². The molecule has 0 bridgehead atoms. The molecule has 1 aliphatic heterocycles. The molecule has 0 unspecified atom stereocenters. The van der Waals surface area contributed by atoms with E-state index >= 15 is 0 Å². The van der Waals surface area contributed by atoms with Gasteiger partial charge in [-0.05, 0) is 27.7 Å². The van der Waals surface area contributed by atoms with Gasteiger partial charge in [-0.3, -0.25) is 0 Å². The van der Waals surface area contributed by atoms with E-state index in [4.69, 9.17) is 5.73 Å². The number of nitrogens with one attached hydrogen (secondary N) is 1. The first kappa shape index (κ1) is 11.1. The smallest absolute Gasteiger partial charge is 0.222 e. The number of amidine groups is 1. The summed E-state index contributed by atoms with van der Waals surface area (Å²) in [7, 11) is 0. The van der Waals surface area contributed by atoms with Crippen LogP contribution in [0.2, 0.25) is 0 Å². The molecule has 3 rings (SSSR count). The van der Waals surface area contributed by atoms with Gasteiger partial charge in [0.15, 0.2) is 5.84 Å². The van der Waals surface area contributed by atoms with Gasteiger partial charge in [0.25, 0.3) is 0 Å². The van der Waals surface area contributed by atoms with E-state index in [0.29, 0.717) is 5.84 Å². The first-order valence-electron chi connectivity index (χ1n) is 5.46. The van der Waals surface area contributed by atoms with Gasteiger partial charge in [0.2, 0.25) is 11.5 Å². The molecule has 0 aromatic heterocycles. The lowest BCUT2D eigenvalue weighted by Gasteiger charge is -2.16. The van der Waals surface area contributed by atoms with E-state index in [-0.39, 0.29) is 0 Å². The van der Waals surface area contributed by atoms with E-state index in [1.165, 1.54) is 0 Å². The molecule has 1 atom stereocenters. The summed E-state index contributed by atoms with van der Waals surface area (Å²) in [5, 5.41) is 0. The Balaban J connectivity index is 2.09. The Morgan fingerprint density at radius 3 is 2.61 bits per heavy atom. The number of benzene rings is 2. The van der Waals surface area contributed by atoms with Gasteiger partial charge >= 0.3 is 0 Å². The molecule has 0 spiro atoms. The van der Waals surface area contributed by atoms with Gasteiger partial charge in [0.05, 0.1) is 5.69 Å². The maximum atomic E-state index is 11.3. The summed E-state index contributed by atoms with van der Waals surface area (Å²) in [6.07, 6.45) is 0. The molecule has 18 heavy (non-hydrogen) atoms. The van der Waals surface area contributed by atoms with Crippen LogP contribution in [0.3, 0.4) is 0 Å². The molecule has 2 aromatic carbocycles. The highest BCUT2D eigenvalue weighted by molar-refractivity contribution is 7.91. The lowest BCUT2D eigenvalue weighted by Crippen LogP contribution is -2.26. The summed E-state index contributed by atoms with van der Waals surface area (Å²) in [5.41, 5.74) is 9.51. The first-order chi connectivity index (χ1) is 8.74. The lowest BCUT2D eigenvalue weighted by molar-refractivity contribution is 0.601. The minimum absolute atomic E-state index is 0.305. The van der Waals surface area contributed by atoms with E-state index in [9.17, 15) is 4.55 Å². The fourth-order valence-electron chi connectivity index (χ4n) is 1.91. The summed E-state index contributed by atoms with van der Waals surface area (Å²) in [4.78, 5) is 0. The molecule has 0 aliphatic carbocycles. The Morgan fingerprint density at radius 2 is 1.83 bits per heavy atom. The zero-order valence-electron chi connectivity index (χ0n) is 9.46. The van der Waals surface area contributed by atoms with Crippen LogP contribution in [0, 0.1) is 0 Å². The quantitative estimate of drug-likeness (QED) is 0.768. The standard InChI is InChI=1S/C13H11N3OS/c14-13-11-8-10(9-4-2-1-3-5-9)6-7-12(11)15-18(17)16-13/h1-8,15H,(H2,14,16)/t18-/m1/s1. The molecule has 0 saturated heterocycles. The predicted octanol–water partition coefficient (Wildman–Crippen LogP) is 2.06. The second kappa shape index (κ2) is 4.36. The minimum atomic E-state index is -1.47. The summed E-state index contributed by atoms with van der Waals surface area (Å²) in [6, 6.07) is 15.8. The van der Waals surface area contributed by atoms with Crippen LogP contribution in [-0.4, -0.2) is 10.4 Å². The Bertz CT molecular complexity index is 613. The van der Waals surface area contributed by atoms with Crippen molar-refractivity contribution >= 4 is 23.1 Å². The number of fused-ring (bicyclic) bond motifs is 1. The second-order valence-electron chi connectivity index (χ2n) is 3.95. The first-order valence-corrected chi connectivity index (χ1v) is 6.57. The third-order valence-corrected chi connectivity index (χ3v) is 3.54. The maximum absolute atomic E-state index is 11.3. The van der Waals surface area contributed by atoms with Crippen LogP contribution in [0.5, 0.6) is 0 Å². The predicted molar refractivity (Wildman–Crippen MR) is 74.4 cm³/mol. The van der Waals surface area contributed by atoms with Crippen molar-refractivity contribution in [3.8, 4) is 11.1 Å². The molecule has 0 radical (unpaired) electrons. The van der Waals surface area contributed by atoms with Crippen molar-refractivity contribution in [2.24, 2.45) is 10.1 Å². The molecular formula is C13H11N3OS. The monoisotopic (exact) mass is 257 g/mol. The number of nitrogens with zero attached hydrogens (tertiary/aromatic N) is 1. The number of hydrogen-bond donors (Lipinski definition) is 2. The molecule has 90 valence electrons. The van der Waals surface area contributed by atoms with Crippen molar-refractivity contribution in [2.75, 3.05) is 4.72 Å². The molecular weight excluding hydrogens is 246 g/mol. The Morgan fingerprint density at radius 1 is 1.06 bits per heavy atom. The normalized spacial score (nSPS) is 17.6. The highest BCUT2D eigenvalue weighted by Crippen LogP contribution is 2.28. The summed E-state index contributed by atoms with van der Waals surface area (Å²) < 4.78 is 17.9. The highest BCUT2D eigenvalue weighted by atomic mass is 32.2. The van der Waals surface area contributed by atoms with Crippen molar-refractivity contribution in [1.82, 2.24) is 0 Å². The Kier molecular flexibility index (Phi) is 2.70. The zero-order valence-corrected chi connectivity index (χ0v) is 10.3. The van der Waals surface area contributed by atoms with Crippen molar-refractivity contribution in [3.63, 3.8) is 0 Å². The van der Waals surface area contributed by atoms with Crippen molar-refractivity contribution in [2.45, 2.75) is 0 Å². The highest BCUT2D eigenvalue weighted by Gasteiger charge is 2.21. The molecule has 4 nitrogen and oxygen atoms in total. The third-order valence-electron chi connectivity index (χ3n) is 2.78. The van der Waals surface area contributed by atoms with E-state index in [2.05, 4.69) is 9.12 Å². The third kappa shape index (κ3) is 1.94. The van der Waals surface area contributed by atoms with Gasteiger partial charge in [-0.1, -0.05) is 36.4 Å². The van der Waals surface area contributed by atoms with Crippen LogP contribution in [-0.2, 0) is 11.5 Å². The van der Waals surface area contributed by atoms with Gasteiger partial charge < -0.3 is 10.3 Å². The molecule has 0 amide bonds. The van der Waals surface area contributed by atoms with Gasteiger partial charge in [0.1, 0.15) is 0 Å². The lowest BCUT2D eigenvalue weighted by atomic mass is 10.0. The summed E-state index contributed by atoms with van der Waals surface area (Å²) in [6.45, 7) is 0. The fraction of sp³-hybridized carbons (Fsp3) is 0. The summed E-state index contributed by atoms with van der Waals surface area (Å²) in [5.74, 6) is 0.305. The molecule has 5 heteroatoms. The van der Waals surface area contributed by atoms with Gasteiger partial charge in [-0.2, -0.15) is 4.72 Å². The van der Waals surface area contributed by atoms with Crippen molar-refractivity contribution in [3.05, 3.63) is 54.1 Å². The number of rotatable bonds is 1.